The SMILES string of the molecule is COC(=O)C(C)(C)CS(=O)(=O)N1CCC(C)(C(=O)O)C1. The van der Waals surface area contributed by atoms with Crippen molar-refractivity contribution in [3.63, 3.8) is 0 Å². The zero-order valence-corrected chi connectivity index (χ0v) is 13.0. The molecule has 0 saturated carbocycles. The van der Waals surface area contributed by atoms with Gasteiger partial charge < -0.3 is 9.84 Å². The van der Waals surface area contributed by atoms with Crippen molar-refractivity contribution >= 4 is 22.0 Å². The van der Waals surface area contributed by atoms with Crippen LogP contribution in [-0.2, 0) is 24.3 Å². The van der Waals surface area contributed by atoms with Gasteiger partial charge in [0, 0.05) is 13.1 Å². The lowest BCUT2D eigenvalue weighted by atomic mass is 9.90. The average Bonchev–Trinajstić information content (AvgIpc) is 2.71. The van der Waals surface area contributed by atoms with Gasteiger partial charge in [-0.2, -0.15) is 0 Å². The van der Waals surface area contributed by atoms with E-state index in [4.69, 9.17) is 5.11 Å². The fourth-order valence-corrected chi connectivity index (χ4v) is 4.28. The summed E-state index contributed by atoms with van der Waals surface area (Å²) in [5, 5.41) is 9.12. The predicted octanol–water partition coefficient (Wildman–Crippen LogP) is 0.312. The normalized spacial score (nSPS) is 24.6. The molecule has 1 saturated heterocycles. The summed E-state index contributed by atoms with van der Waals surface area (Å²) in [5.74, 6) is -2.02. The van der Waals surface area contributed by atoms with E-state index in [1.54, 1.807) is 0 Å². The number of methoxy groups -OCH3 is 1. The third kappa shape index (κ3) is 3.29. The first-order valence-electron chi connectivity index (χ1n) is 6.24. The van der Waals surface area contributed by atoms with Gasteiger partial charge in [0.1, 0.15) is 0 Å². The van der Waals surface area contributed by atoms with Gasteiger partial charge in [-0.15, -0.1) is 0 Å². The molecule has 0 bridgehead atoms. The Kier molecular flexibility index (Phi) is 4.50. The lowest BCUT2D eigenvalue weighted by molar-refractivity contribution is -0.149. The molecule has 1 rings (SSSR count). The van der Waals surface area contributed by atoms with Crippen LogP contribution in [0.4, 0.5) is 0 Å². The van der Waals surface area contributed by atoms with E-state index >= 15 is 0 Å². The third-order valence-electron chi connectivity index (χ3n) is 3.63. The van der Waals surface area contributed by atoms with E-state index in [-0.39, 0.29) is 19.5 Å². The van der Waals surface area contributed by atoms with E-state index in [9.17, 15) is 18.0 Å². The number of nitrogens with zero attached hydrogens (tertiary/aromatic N) is 1. The second-order valence-corrected chi connectivity index (χ2v) is 8.05. The van der Waals surface area contributed by atoms with Crippen LogP contribution in [0.15, 0.2) is 0 Å². The van der Waals surface area contributed by atoms with E-state index in [1.165, 1.54) is 27.9 Å². The Hall–Kier alpha value is -1.15. The van der Waals surface area contributed by atoms with Gasteiger partial charge in [-0.3, -0.25) is 9.59 Å². The van der Waals surface area contributed by atoms with E-state index in [0.717, 1.165) is 4.31 Å². The molecule has 0 aromatic heterocycles. The van der Waals surface area contributed by atoms with Crippen LogP contribution in [0, 0.1) is 10.8 Å². The zero-order chi connectivity index (χ0) is 15.8. The molecule has 1 atom stereocenters. The van der Waals surface area contributed by atoms with Crippen molar-refractivity contribution in [3.8, 4) is 0 Å². The van der Waals surface area contributed by atoms with Gasteiger partial charge >= 0.3 is 11.9 Å². The smallest absolute Gasteiger partial charge is 0.312 e. The molecule has 1 fully saturated rings. The molecule has 20 heavy (non-hydrogen) atoms. The van der Waals surface area contributed by atoms with Gasteiger partial charge in [0.15, 0.2) is 0 Å². The van der Waals surface area contributed by atoms with Gasteiger partial charge in [-0.25, -0.2) is 12.7 Å². The fraction of sp³-hybridized carbons (Fsp3) is 0.833. The molecule has 116 valence electrons. The van der Waals surface area contributed by atoms with Crippen LogP contribution in [0.3, 0.4) is 0 Å². The molecular formula is C12H21NO6S. The first kappa shape index (κ1) is 16.9. The summed E-state index contributed by atoms with van der Waals surface area (Å²) in [4.78, 5) is 22.7. The van der Waals surface area contributed by atoms with Gasteiger partial charge in [0.25, 0.3) is 0 Å². The second-order valence-electron chi connectivity index (χ2n) is 6.08. The summed E-state index contributed by atoms with van der Waals surface area (Å²) >= 11 is 0. The maximum Gasteiger partial charge on any atom is 0.312 e. The average molecular weight is 307 g/mol. The summed E-state index contributed by atoms with van der Waals surface area (Å²) < 4.78 is 30.3. The fourth-order valence-electron chi connectivity index (χ4n) is 2.21. The number of carbonyl (C=O) groups excluding carboxylic acids is 1. The lowest BCUT2D eigenvalue weighted by Crippen LogP contribution is -2.42. The summed E-state index contributed by atoms with van der Waals surface area (Å²) in [7, 11) is -2.51. The standard InChI is InChI=1S/C12H21NO6S/c1-11(2,10(16)19-4)8-20(17,18)13-6-5-12(3,7-13)9(14)15/h5-8H2,1-4H3,(H,14,15). The number of carboxylic acids is 1. The number of aliphatic carboxylic acids is 1. The number of carbonyl (C=O) groups is 2. The summed E-state index contributed by atoms with van der Waals surface area (Å²) in [5.41, 5.74) is -2.24. The van der Waals surface area contributed by atoms with Crippen molar-refractivity contribution in [1.82, 2.24) is 4.31 Å². The highest BCUT2D eigenvalue weighted by Crippen LogP contribution is 2.33. The van der Waals surface area contributed by atoms with E-state index in [0.29, 0.717) is 0 Å². The van der Waals surface area contributed by atoms with Crippen LogP contribution >= 0.6 is 0 Å². The van der Waals surface area contributed by atoms with Crippen LogP contribution in [0.1, 0.15) is 27.2 Å². The maximum atomic E-state index is 12.3. The van der Waals surface area contributed by atoms with Crippen molar-refractivity contribution in [2.75, 3.05) is 26.0 Å². The number of hydrogen-bond donors (Lipinski definition) is 1. The van der Waals surface area contributed by atoms with Gasteiger partial charge in [0.2, 0.25) is 10.0 Å². The molecule has 1 aliphatic heterocycles. The number of carboxylic acid groups (broad SMARTS) is 1. The molecule has 0 aromatic carbocycles. The number of esters is 1. The first-order chi connectivity index (χ1) is 8.94. The molecule has 0 amide bonds. The first-order valence-corrected chi connectivity index (χ1v) is 7.85. The van der Waals surface area contributed by atoms with E-state index in [1.807, 2.05) is 0 Å². The van der Waals surface area contributed by atoms with Gasteiger partial charge in [-0.1, -0.05) is 0 Å². The van der Waals surface area contributed by atoms with Crippen molar-refractivity contribution in [3.05, 3.63) is 0 Å². The quantitative estimate of drug-likeness (QED) is 0.734. The van der Waals surface area contributed by atoms with E-state index < -0.39 is 38.5 Å². The lowest BCUT2D eigenvalue weighted by Gasteiger charge is -2.25. The minimum Gasteiger partial charge on any atom is -0.481 e. The van der Waals surface area contributed by atoms with Crippen LogP contribution in [-0.4, -0.2) is 55.7 Å². The van der Waals surface area contributed by atoms with Gasteiger partial charge in [0.05, 0.1) is 23.7 Å². The minimum atomic E-state index is -3.71. The molecule has 0 aliphatic carbocycles. The Morgan fingerprint density at radius 2 is 1.95 bits per heavy atom. The summed E-state index contributed by atoms with van der Waals surface area (Å²) in [6.07, 6.45) is 0.264. The maximum absolute atomic E-state index is 12.3. The third-order valence-corrected chi connectivity index (χ3v) is 5.81. The monoisotopic (exact) mass is 307 g/mol. The molecule has 0 radical (unpaired) electrons. The highest BCUT2D eigenvalue weighted by molar-refractivity contribution is 7.89. The molecule has 8 heteroatoms. The molecule has 1 heterocycles. The molecule has 0 aromatic rings. The highest BCUT2D eigenvalue weighted by atomic mass is 32.2. The van der Waals surface area contributed by atoms with Crippen LogP contribution < -0.4 is 0 Å². The van der Waals surface area contributed by atoms with Crippen LogP contribution in [0.2, 0.25) is 0 Å². The molecule has 1 N–H and O–H groups in total. The summed E-state index contributed by atoms with van der Waals surface area (Å²) in [6, 6.07) is 0. The molecule has 7 nitrogen and oxygen atoms in total. The molecule has 1 unspecified atom stereocenters. The Morgan fingerprint density at radius 3 is 2.35 bits per heavy atom. The Bertz CT molecular complexity index is 512. The van der Waals surface area contributed by atoms with Crippen molar-refractivity contribution in [2.24, 2.45) is 10.8 Å². The molecule has 1 aliphatic rings. The van der Waals surface area contributed by atoms with Crippen molar-refractivity contribution < 1.29 is 27.9 Å². The number of hydrogen-bond acceptors (Lipinski definition) is 5. The van der Waals surface area contributed by atoms with Gasteiger partial charge in [-0.05, 0) is 27.2 Å². The number of ether oxygens (including phenoxy) is 1. The zero-order valence-electron chi connectivity index (χ0n) is 12.2. The predicted molar refractivity (Wildman–Crippen MR) is 71.5 cm³/mol. The largest absolute Gasteiger partial charge is 0.481 e. The molecule has 0 spiro atoms. The van der Waals surface area contributed by atoms with Crippen LogP contribution in [0.5, 0.6) is 0 Å². The summed E-state index contributed by atoms with van der Waals surface area (Å²) in [6.45, 7) is 4.59. The Morgan fingerprint density at radius 1 is 1.40 bits per heavy atom. The number of rotatable bonds is 5. The van der Waals surface area contributed by atoms with Crippen molar-refractivity contribution in [1.29, 1.82) is 0 Å². The highest BCUT2D eigenvalue weighted by Gasteiger charge is 2.46. The van der Waals surface area contributed by atoms with Crippen LogP contribution in [0.25, 0.3) is 0 Å². The minimum absolute atomic E-state index is 0.0675. The van der Waals surface area contributed by atoms with E-state index in [2.05, 4.69) is 4.74 Å². The Balaban J connectivity index is 2.87. The topological polar surface area (TPSA) is 101 Å². The second kappa shape index (κ2) is 5.33. The molecular weight excluding hydrogens is 286 g/mol. The Labute approximate surface area is 118 Å². The number of sulfonamides is 1. The van der Waals surface area contributed by atoms with Crippen molar-refractivity contribution in [2.45, 2.75) is 27.2 Å².